The molecule has 2 amide bonds. The number of amides is 2. The van der Waals surface area contributed by atoms with Crippen molar-refractivity contribution in [3.8, 4) is 0 Å². The van der Waals surface area contributed by atoms with Gasteiger partial charge in [0.1, 0.15) is 12.6 Å². The summed E-state index contributed by atoms with van der Waals surface area (Å²) in [6, 6.07) is 6.01. The Balaban J connectivity index is 1.64. The maximum Gasteiger partial charge on any atom is 0.253 e. The maximum atomic E-state index is 12.9. The molecular formula is C18H24F2N4O3. The number of carbonyl (C=O) groups is 2. The van der Waals surface area contributed by atoms with Gasteiger partial charge in [-0.3, -0.25) is 14.5 Å². The summed E-state index contributed by atoms with van der Waals surface area (Å²) in [6.07, 6.45) is -0.907. The van der Waals surface area contributed by atoms with E-state index in [1.807, 2.05) is 0 Å². The van der Waals surface area contributed by atoms with Crippen LogP contribution in [0.3, 0.4) is 0 Å². The second-order valence-corrected chi connectivity index (χ2v) is 6.70. The summed E-state index contributed by atoms with van der Waals surface area (Å²) in [4.78, 5) is 27.6. The van der Waals surface area contributed by atoms with E-state index in [0.717, 1.165) is 12.8 Å². The van der Waals surface area contributed by atoms with Crippen LogP contribution in [0.5, 0.6) is 0 Å². The van der Waals surface area contributed by atoms with E-state index >= 15 is 0 Å². The van der Waals surface area contributed by atoms with Gasteiger partial charge in [-0.15, -0.1) is 0 Å². The Hall–Kier alpha value is -2.10. The molecule has 7 nitrogen and oxygen atoms in total. The highest BCUT2D eigenvalue weighted by atomic mass is 19.3. The van der Waals surface area contributed by atoms with E-state index < -0.39 is 24.9 Å². The predicted octanol–water partition coefficient (Wildman–Crippen LogP) is 1.05. The lowest BCUT2D eigenvalue weighted by molar-refractivity contribution is -0.125. The van der Waals surface area contributed by atoms with Gasteiger partial charge in [0.05, 0.1) is 13.2 Å². The Bertz CT molecular complexity index is 667. The zero-order chi connectivity index (χ0) is 19.4. The molecule has 0 aromatic heterocycles. The Morgan fingerprint density at radius 1 is 1.33 bits per heavy atom. The number of morpholine rings is 1. The van der Waals surface area contributed by atoms with Gasteiger partial charge >= 0.3 is 0 Å². The molecule has 9 heteroatoms. The van der Waals surface area contributed by atoms with Gasteiger partial charge in [0.25, 0.3) is 12.3 Å². The third kappa shape index (κ3) is 5.00. The summed E-state index contributed by atoms with van der Waals surface area (Å²) in [6.45, 7) is 0.512. The Labute approximate surface area is 156 Å². The van der Waals surface area contributed by atoms with Crippen molar-refractivity contribution in [3.05, 3.63) is 24.3 Å². The van der Waals surface area contributed by atoms with Crippen molar-refractivity contribution in [2.24, 2.45) is 5.73 Å². The minimum Gasteiger partial charge on any atom is -0.370 e. The first-order valence-corrected chi connectivity index (χ1v) is 9.02. The zero-order valence-corrected chi connectivity index (χ0v) is 14.9. The van der Waals surface area contributed by atoms with Gasteiger partial charge in [-0.1, -0.05) is 0 Å². The van der Waals surface area contributed by atoms with Gasteiger partial charge in [0, 0.05) is 30.5 Å². The number of nitrogens with one attached hydrogen (secondary N) is 1. The molecule has 0 bridgehead atoms. The number of carbonyl (C=O) groups excluding carboxylic acids is 2. The van der Waals surface area contributed by atoms with Gasteiger partial charge in [0.2, 0.25) is 5.91 Å². The molecule has 0 unspecified atom stereocenters. The van der Waals surface area contributed by atoms with E-state index in [2.05, 4.69) is 5.32 Å². The topological polar surface area (TPSA) is 87.9 Å². The van der Waals surface area contributed by atoms with Gasteiger partial charge in [-0.2, -0.15) is 0 Å². The molecule has 3 N–H and O–H groups in total. The van der Waals surface area contributed by atoms with Crippen LogP contribution in [0.15, 0.2) is 24.3 Å². The Kier molecular flexibility index (Phi) is 6.35. The predicted molar refractivity (Wildman–Crippen MR) is 96.8 cm³/mol. The van der Waals surface area contributed by atoms with Crippen molar-refractivity contribution < 1.29 is 23.1 Å². The standard InChI is InChI=1S/C18H24F2N4O3/c19-16(20)10-24(14-5-6-14)15(9-21)18(26)22-12-1-3-13(4-2-12)23-7-8-27-11-17(23)25/h1-4,14-16H,5-11,21H2,(H,22,26)/t15-/m1/s1. The number of alkyl halides is 2. The summed E-state index contributed by atoms with van der Waals surface area (Å²) in [7, 11) is 0. The maximum absolute atomic E-state index is 12.9. The van der Waals surface area contributed by atoms with Gasteiger partial charge < -0.3 is 20.7 Å². The number of hydrogen-bond acceptors (Lipinski definition) is 5. The van der Waals surface area contributed by atoms with Crippen LogP contribution in [0.2, 0.25) is 0 Å². The largest absolute Gasteiger partial charge is 0.370 e. The highest BCUT2D eigenvalue weighted by Crippen LogP contribution is 2.29. The number of hydrogen-bond donors (Lipinski definition) is 2. The molecule has 2 aliphatic rings. The van der Waals surface area contributed by atoms with Crippen LogP contribution in [0.25, 0.3) is 0 Å². The summed E-state index contributed by atoms with van der Waals surface area (Å²) in [5, 5.41) is 2.74. The molecule has 3 rings (SSSR count). The van der Waals surface area contributed by atoms with Crippen LogP contribution in [-0.4, -0.2) is 68.1 Å². The molecular weight excluding hydrogens is 358 g/mol. The smallest absolute Gasteiger partial charge is 0.253 e. The first-order chi connectivity index (χ1) is 13.0. The van der Waals surface area contributed by atoms with Crippen LogP contribution >= 0.6 is 0 Å². The normalized spacial score (nSPS) is 18.9. The highest BCUT2D eigenvalue weighted by Gasteiger charge is 2.38. The van der Waals surface area contributed by atoms with E-state index in [1.165, 1.54) is 4.90 Å². The minimum atomic E-state index is -2.52. The molecule has 1 aromatic rings. The second kappa shape index (κ2) is 8.73. The molecule has 1 atom stereocenters. The Morgan fingerprint density at radius 2 is 2.04 bits per heavy atom. The number of halogens is 2. The highest BCUT2D eigenvalue weighted by molar-refractivity contribution is 5.97. The molecule has 0 radical (unpaired) electrons. The van der Waals surface area contributed by atoms with E-state index in [-0.39, 0.29) is 25.1 Å². The van der Waals surface area contributed by atoms with E-state index in [0.29, 0.717) is 24.5 Å². The van der Waals surface area contributed by atoms with Crippen molar-refractivity contribution in [3.63, 3.8) is 0 Å². The van der Waals surface area contributed by atoms with Crippen molar-refractivity contribution in [1.29, 1.82) is 0 Å². The van der Waals surface area contributed by atoms with Crippen molar-refractivity contribution in [2.45, 2.75) is 31.4 Å². The van der Waals surface area contributed by atoms with Crippen molar-refractivity contribution in [1.82, 2.24) is 4.90 Å². The number of benzene rings is 1. The summed E-state index contributed by atoms with van der Waals surface area (Å²) < 4.78 is 30.8. The van der Waals surface area contributed by atoms with Gasteiger partial charge in [-0.25, -0.2) is 8.78 Å². The molecule has 148 valence electrons. The lowest BCUT2D eigenvalue weighted by atomic mass is 10.2. The van der Waals surface area contributed by atoms with Crippen LogP contribution in [0, 0.1) is 0 Å². The molecule has 1 aliphatic carbocycles. The third-order valence-corrected chi connectivity index (χ3v) is 4.72. The molecule has 27 heavy (non-hydrogen) atoms. The fourth-order valence-electron chi connectivity index (χ4n) is 3.23. The van der Waals surface area contributed by atoms with E-state index in [1.54, 1.807) is 29.2 Å². The Morgan fingerprint density at radius 3 is 2.59 bits per heavy atom. The number of anilines is 2. The van der Waals surface area contributed by atoms with Crippen molar-refractivity contribution in [2.75, 3.05) is 43.1 Å². The SMILES string of the molecule is NC[C@H](C(=O)Nc1ccc(N2CCOCC2=O)cc1)N(CC(F)F)C1CC1. The fraction of sp³-hybridized carbons (Fsp3) is 0.556. The zero-order valence-electron chi connectivity index (χ0n) is 14.9. The van der Waals surface area contributed by atoms with E-state index in [9.17, 15) is 18.4 Å². The first-order valence-electron chi connectivity index (χ1n) is 9.02. The molecule has 1 aliphatic heterocycles. The van der Waals surface area contributed by atoms with Gasteiger partial charge in [0.15, 0.2) is 0 Å². The van der Waals surface area contributed by atoms with Crippen LogP contribution < -0.4 is 16.0 Å². The molecule has 0 spiro atoms. The molecule has 1 aromatic carbocycles. The average Bonchev–Trinajstić information content (AvgIpc) is 3.47. The van der Waals surface area contributed by atoms with Crippen molar-refractivity contribution >= 4 is 23.2 Å². The lowest BCUT2D eigenvalue weighted by Gasteiger charge is -2.30. The first kappa shape index (κ1) is 19.7. The fourth-order valence-corrected chi connectivity index (χ4v) is 3.23. The minimum absolute atomic E-state index is 0.00647. The van der Waals surface area contributed by atoms with E-state index in [4.69, 9.17) is 10.5 Å². The second-order valence-electron chi connectivity index (χ2n) is 6.70. The molecule has 1 saturated heterocycles. The molecule has 2 fully saturated rings. The summed E-state index contributed by atoms with van der Waals surface area (Å²) in [5.41, 5.74) is 6.94. The number of ether oxygens (including phenoxy) is 1. The van der Waals surface area contributed by atoms with Crippen LogP contribution in [-0.2, 0) is 14.3 Å². The van der Waals surface area contributed by atoms with Gasteiger partial charge in [-0.05, 0) is 37.1 Å². The summed E-state index contributed by atoms with van der Waals surface area (Å²) in [5.74, 6) is -0.520. The third-order valence-electron chi connectivity index (χ3n) is 4.72. The number of rotatable bonds is 8. The molecule has 1 heterocycles. The number of nitrogens with zero attached hydrogens (tertiary/aromatic N) is 2. The summed E-state index contributed by atoms with van der Waals surface area (Å²) >= 11 is 0. The number of nitrogens with two attached hydrogens (primary N) is 1. The lowest BCUT2D eigenvalue weighted by Crippen LogP contribution is -2.51. The monoisotopic (exact) mass is 382 g/mol. The van der Waals surface area contributed by atoms with Crippen LogP contribution in [0.4, 0.5) is 20.2 Å². The van der Waals surface area contributed by atoms with Crippen LogP contribution in [0.1, 0.15) is 12.8 Å². The average molecular weight is 382 g/mol. The quantitative estimate of drug-likeness (QED) is 0.702. The molecule has 1 saturated carbocycles.